The van der Waals surface area contributed by atoms with E-state index in [4.69, 9.17) is 9.47 Å². The first-order valence-electron chi connectivity index (χ1n) is 9.53. The fourth-order valence-electron chi connectivity index (χ4n) is 3.00. The van der Waals surface area contributed by atoms with Gasteiger partial charge in [0.05, 0.1) is 4.92 Å². The number of fused-ring (bicyclic) bond motifs is 1. The Hall–Kier alpha value is -4.66. The molecule has 4 rings (SSSR count). The van der Waals surface area contributed by atoms with Crippen LogP contribution in [-0.2, 0) is 4.79 Å². The van der Waals surface area contributed by atoms with E-state index >= 15 is 0 Å². The molecule has 0 aliphatic carbocycles. The van der Waals surface area contributed by atoms with Crippen LogP contribution in [0.5, 0.6) is 11.5 Å². The van der Waals surface area contributed by atoms with Gasteiger partial charge in [0, 0.05) is 23.4 Å². The Kier molecular flexibility index (Phi) is 5.80. The predicted molar refractivity (Wildman–Crippen MR) is 116 cm³/mol. The Morgan fingerprint density at radius 3 is 2.50 bits per heavy atom. The number of carbonyl (C=O) groups is 2. The zero-order chi connectivity index (χ0) is 22.5. The number of non-ortho nitro benzene ring substituents is 1. The molecule has 160 valence electrons. The van der Waals surface area contributed by atoms with Crippen LogP contribution in [0.1, 0.15) is 15.9 Å². The van der Waals surface area contributed by atoms with Gasteiger partial charge in [0.1, 0.15) is 5.70 Å². The Balaban J connectivity index is 1.63. The SMILES string of the molecule is O=C(Nc1ccccc1)/C(=C\c1ccc2c(c1)OCO2)NC(=O)c1cccc([N+](=O)[O-])c1. The highest BCUT2D eigenvalue weighted by atomic mass is 16.7. The summed E-state index contributed by atoms with van der Waals surface area (Å²) in [5.41, 5.74) is 0.894. The maximum absolute atomic E-state index is 12.9. The van der Waals surface area contributed by atoms with Crippen molar-refractivity contribution >= 4 is 29.3 Å². The second kappa shape index (κ2) is 9.00. The topological polar surface area (TPSA) is 120 Å². The number of anilines is 1. The third-order valence-electron chi connectivity index (χ3n) is 4.55. The van der Waals surface area contributed by atoms with E-state index in [1.807, 2.05) is 6.07 Å². The van der Waals surface area contributed by atoms with Gasteiger partial charge in [-0.2, -0.15) is 0 Å². The van der Waals surface area contributed by atoms with Crippen molar-refractivity contribution in [2.75, 3.05) is 12.1 Å². The number of para-hydroxylation sites is 1. The summed E-state index contributed by atoms with van der Waals surface area (Å²) in [4.78, 5) is 36.1. The van der Waals surface area contributed by atoms with E-state index in [9.17, 15) is 19.7 Å². The molecule has 1 heterocycles. The fourth-order valence-corrected chi connectivity index (χ4v) is 3.00. The fraction of sp³-hybridized carbons (Fsp3) is 0.0435. The zero-order valence-electron chi connectivity index (χ0n) is 16.6. The molecular weight excluding hydrogens is 414 g/mol. The van der Waals surface area contributed by atoms with Crippen LogP contribution in [-0.4, -0.2) is 23.5 Å². The van der Waals surface area contributed by atoms with Gasteiger partial charge in [0.15, 0.2) is 11.5 Å². The van der Waals surface area contributed by atoms with Gasteiger partial charge in [0.2, 0.25) is 6.79 Å². The molecule has 0 unspecified atom stereocenters. The molecule has 2 amide bonds. The number of hydrogen-bond acceptors (Lipinski definition) is 6. The molecule has 2 N–H and O–H groups in total. The number of nitro benzene ring substituents is 1. The van der Waals surface area contributed by atoms with Gasteiger partial charge in [-0.05, 0) is 42.0 Å². The van der Waals surface area contributed by atoms with Crippen LogP contribution in [0, 0.1) is 10.1 Å². The molecule has 0 spiro atoms. The van der Waals surface area contributed by atoms with Crippen LogP contribution in [0.3, 0.4) is 0 Å². The van der Waals surface area contributed by atoms with E-state index < -0.39 is 16.7 Å². The summed E-state index contributed by atoms with van der Waals surface area (Å²) in [5, 5.41) is 16.3. The minimum absolute atomic E-state index is 0.0447. The number of rotatable bonds is 6. The monoisotopic (exact) mass is 431 g/mol. The van der Waals surface area contributed by atoms with Crippen molar-refractivity contribution in [3.63, 3.8) is 0 Å². The molecular formula is C23H17N3O6. The predicted octanol–water partition coefficient (Wildman–Crippen LogP) is 3.73. The van der Waals surface area contributed by atoms with Gasteiger partial charge >= 0.3 is 0 Å². The largest absolute Gasteiger partial charge is 0.454 e. The highest BCUT2D eigenvalue weighted by Gasteiger charge is 2.18. The number of amides is 2. The Morgan fingerprint density at radius 1 is 0.938 bits per heavy atom. The first kappa shape index (κ1) is 20.6. The van der Waals surface area contributed by atoms with Crippen LogP contribution in [0.15, 0.2) is 78.5 Å². The van der Waals surface area contributed by atoms with Crippen LogP contribution < -0.4 is 20.1 Å². The maximum Gasteiger partial charge on any atom is 0.272 e. The first-order chi connectivity index (χ1) is 15.5. The van der Waals surface area contributed by atoms with E-state index in [0.717, 1.165) is 6.07 Å². The van der Waals surface area contributed by atoms with Crippen molar-refractivity contribution in [2.45, 2.75) is 0 Å². The second-order valence-electron chi connectivity index (χ2n) is 6.75. The molecule has 9 heteroatoms. The van der Waals surface area contributed by atoms with E-state index in [1.54, 1.807) is 42.5 Å². The van der Waals surface area contributed by atoms with Gasteiger partial charge in [-0.25, -0.2) is 0 Å². The Morgan fingerprint density at radius 2 is 1.72 bits per heavy atom. The van der Waals surface area contributed by atoms with Crippen molar-refractivity contribution in [2.24, 2.45) is 0 Å². The summed E-state index contributed by atoms with van der Waals surface area (Å²) >= 11 is 0. The van der Waals surface area contributed by atoms with Crippen molar-refractivity contribution < 1.29 is 24.0 Å². The van der Waals surface area contributed by atoms with E-state index in [-0.39, 0.29) is 23.7 Å². The lowest BCUT2D eigenvalue weighted by molar-refractivity contribution is -0.384. The summed E-state index contributed by atoms with van der Waals surface area (Å²) in [6, 6.07) is 19.1. The number of benzene rings is 3. The molecule has 0 saturated heterocycles. The summed E-state index contributed by atoms with van der Waals surface area (Å²) in [7, 11) is 0. The van der Waals surface area contributed by atoms with Crippen LogP contribution in [0.25, 0.3) is 6.08 Å². The number of carbonyl (C=O) groups excluding carboxylic acids is 2. The summed E-state index contributed by atoms with van der Waals surface area (Å²) < 4.78 is 10.7. The number of nitrogens with zero attached hydrogens (tertiary/aromatic N) is 1. The quantitative estimate of drug-likeness (QED) is 0.349. The average Bonchev–Trinajstić information content (AvgIpc) is 3.27. The second-order valence-corrected chi connectivity index (χ2v) is 6.75. The van der Waals surface area contributed by atoms with Crippen LogP contribution >= 0.6 is 0 Å². The first-order valence-corrected chi connectivity index (χ1v) is 9.53. The summed E-state index contributed by atoms with van der Waals surface area (Å²) in [5.74, 6) is -0.124. The molecule has 32 heavy (non-hydrogen) atoms. The van der Waals surface area contributed by atoms with Gasteiger partial charge < -0.3 is 20.1 Å². The Labute approximate surface area is 182 Å². The molecule has 3 aromatic rings. The van der Waals surface area contributed by atoms with E-state index in [2.05, 4.69) is 10.6 Å². The average molecular weight is 431 g/mol. The van der Waals surface area contributed by atoms with Crippen molar-refractivity contribution in [3.8, 4) is 11.5 Å². The standard InChI is InChI=1S/C23H17N3O6/c27-22(16-5-4-8-18(13-16)26(29)30)25-19(23(28)24-17-6-2-1-3-7-17)11-15-9-10-20-21(12-15)32-14-31-20/h1-13H,14H2,(H,24,28)(H,25,27)/b19-11+. The van der Waals surface area contributed by atoms with Crippen LogP contribution in [0.2, 0.25) is 0 Å². The molecule has 0 atom stereocenters. The maximum atomic E-state index is 12.9. The minimum Gasteiger partial charge on any atom is -0.454 e. The molecule has 0 aromatic heterocycles. The molecule has 0 bridgehead atoms. The molecule has 9 nitrogen and oxygen atoms in total. The lowest BCUT2D eigenvalue weighted by atomic mass is 10.1. The van der Waals surface area contributed by atoms with Crippen LogP contribution in [0.4, 0.5) is 11.4 Å². The molecule has 1 aliphatic heterocycles. The molecule has 0 radical (unpaired) electrons. The van der Waals surface area contributed by atoms with E-state index in [0.29, 0.717) is 22.7 Å². The summed E-state index contributed by atoms with van der Waals surface area (Å²) in [6.07, 6.45) is 1.48. The van der Waals surface area contributed by atoms with Crippen molar-refractivity contribution in [1.29, 1.82) is 0 Å². The molecule has 0 saturated carbocycles. The Bertz CT molecular complexity index is 1220. The zero-order valence-corrected chi connectivity index (χ0v) is 16.6. The van der Waals surface area contributed by atoms with Crippen molar-refractivity contribution in [3.05, 3.63) is 99.7 Å². The van der Waals surface area contributed by atoms with Gasteiger partial charge in [0.25, 0.3) is 17.5 Å². The highest BCUT2D eigenvalue weighted by Crippen LogP contribution is 2.33. The third-order valence-corrected chi connectivity index (χ3v) is 4.55. The minimum atomic E-state index is -0.663. The summed E-state index contributed by atoms with van der Waals surface area (Å²) in [6.45, 7) is 0.105. The number of hydrogen-bond donors (Lipinski definition) is 2. The highest BCUT2D eigenvalue weighted by molar-refractivity contribution is 6.10. The van der Waals surface area contributed by atoms with Gasteiger partial charge in [-0.15, -0.1) is 0 Å². The lowest BCUT2D eigenvalue weighted by Crippen LogP contribution is -2.30. The normalized spacial score (nSPS) is 12.2. The molecule has 1 aliphatic rings. The van der Waals surface area contributed by atoms with Gasteiger partial charge in [-0.1, -0.05) is 30.3 Å². The smallest absolute Gasteiger partial charge is 0.272 e. The lowest BCUT2D eigenvalue weighted by Gasteiger charge is -2.11. The third kappa shape index (κ3) is 4.73. The number of nitro groups is 1. The van der Waals surface area contributed by atoms with E-state index in [1.165, 1.54) is 24.3 Å². The number of ether oxygens (including phenoxy) is 2. The van der Waals surface area contributed by atoms with Crippen molar-refractivity contribution in [1.82, 2.24) is 5.32 Å². The molecule has 3 aromatic carbocycles. The van der Waals surface area contributed by atoms with Gasteiger partial charge in [-0.3, -0.25) is 19.7 Å². The number of nitrogens with one attached hydrogen (secondary N) is 2. The molecule has 0 fully saturated rings.